The molecule has 4 rings (SSSR count). The number of carbonyl (C=O) groups excluding carboxylic acids is 1. The number of hydrogen-bond donors (Lipinski definition) is 0. The van der Waals surface area contributed by atoms with Crippen molar-refractivity contribution >= 4 is 40.4 Å². The highest BCUT2D eigenvalue weighted by Gasteiger charge is 2.12. The highest BCUT2D eigenvalue weighted by Crippen LogP contribution is 2.26. The molecular formula is C21H14Cl2N2O2S. The van der Waals surface area contributed by atoms with Crippen molar-refractivity contribution in [3.63, 3.8) is 0 Å². The molecule has 0 amide bonds. The Labute approximate surface area is 175 Å². The third-order valence-corrected chi connectivity index (χ3v) is 5.51. The van der Waals surface area contributed by atoms with Gasteiger partial charge in [-0.3, -0.25) is 4.79 Å². The van der Waals surface area contributed by atoms with Gasteiger partial charge >= 0.3 is 0 Å². The van der Waals surface area contributed by atoms with Gasteiger partial charge in [0.25, 0.3) is 5.91 Å². The van der Waals surface area contributed by atoms with Crippen molar-refractivity contribution in [2.75, 3.05) is 0 Å². The molecule has 2 aromatic heterocycles. The molecule has 0 saturated carbocycles. The molecule has 0 aliphatic rings. The minimum absolute atomic E-state index is 0.147. The summed E-state index contributed by atoms with van der Waals surface area (Å²) < 4.78 is 7.21. The van der Waals surface area contributed by atoms with E-state index in [-0.39, 0.29) is 5.91 Å². The Kier molecular flexibility index (Phi) is 5.48. The highest BCUT2D eigenvalue weighted by molar-refractivity contribution is 7.12. The maximum atomic E-state index is 12.4. The van der Waals surface area contributed by atoms with Gasteiger partial charge in [0.05, 0.1) is 10.6 Å². The van der Waals surface area contributed by atoms with Crippen molar-refractivity contribution in [1.82, 2.24) is 9.78 Å². The van der Waals surface area contributed by atoms with E-state index in [0.717, 1.165) is 11.1 Å². The average molecular weight is 429 g/mol. The Morgan fingerprint density at radius 1 is 1.07 bits per heavy atom. The third-order valence-electron chi connectivity index (χ3n) is 4.07. The van der Waals surface area contributed by atoms with Gasteiger partial charge in [0.2, 0.25) is 0 Å². The molecule has 7 heteroatoms. The zero-order valence-electron chi connectivity index (χ0n) is 14.5. The Morgan fingerprint density at radius 2 is 1.96 bits per heavy atom. The van der Waals surface area contributed by atoms with Crippen LogP contribution in [0.5, 0.6) is 5.75 Å². The molecule has 4 aromatic rings. The first-order valence-corrected chi connectivity index (χ1v) is 10.0. The Balaban J connectivity index is 1.50. The van der Waals surface area contributed by atoms with Crippen LogP contribution in [0.1, 0.15) is 15.2 Å². The molecule has 4 nitrogen and oxygen atoms in total. The van der Waals surface area contributed by atoms with E-state index in [0.29, 0.717) is 33.0 Å². The van der Waals surface area contributed by atoms with Crippen LogP contribution >= 0.6 is 34.5 Å². The Bertz CT molecular complexity index is 1120. The lowest BCUT2D eigenvalue weighted by molar-refractivity contribution is 0.0949. The van der Waals surface area contributed by atoms with Gasteiger partial charge in [-0.15, -0.1) is 11.3 Å². The van der Waals surface area contributed by atoms with Crippen molar-refractivity contribution in [3.8, 4) is 17.0 Å². The van der Waals surface area contributed by atoms with E-state index < -0.39 is 0 Å². The van der Waals surface area contributed by atoms with Gasteiger partial charge in [-0.1, -0.05) is 47.5 Å². The molecule has 0 saturated heterocycles. The summed E-state index contributed by atoms with van der Waals surface area (Å²) in [6.07, 6.45) is 1.67. The minimum atomic E-state index is -0.147. The lowest BCUT2D eigenvalue weighted by Gasteiger charge is -2.09. The molecule has 0 fully saturated rings. The summed E-state index contributed by atoms with van der Waals surface area (Å²) in [5, 5.41) is 7.42. The summed E-state index contributed by atoms with van der Waals surface area (Å²) in [7, 11) is 0. The fourth-order valence-corrected chi connectivity index (χ4v) is 3.77. The van der Waals surface area contributed by atoms with Crippen LogP contribution in [0.4, 0.5) is 0 Å². The number of benzene rings is 2. The van der Waals surface area contributed by atoms with E-state index in [2.05, 4.69) is 5.10 Å². The number of nitrogens with zero attached hydrogens (tertiary/aromatic N) is 2. The number of halogens is 2. The number of aromatic nitrogens is 2. The molecule has 0 aliphatic carbocycles. The van der Waals surface area contributed by atoms with Gasteiger partial charge in [-0.25, -0.2) is 4.68 Å². The largest absolute Gasteiger partial charge is 0.489 e. The lowest BCUT2D eigenvalue weighted by Crippen LogP contribution is -2.10. The van der Waals surface area contributed by atoms with E-state index in [9.17, 15) is 4.79 Å². The van der Waals surface area contributed by atoms with Crippen molar-refractivity contribution in [2.24, 2.45) is 0 Å². The zero-order valence-corrected chi connectivity index (χ0v) is 16.8. The first-order valence-electron chi connectivity index (χ1n) is 8.41. The third kappa shape index (κ3) is 4.12. The summed E-state index contributed by atoms with van der Waals surface area (Å²) in [4.78, 5) is 13.0. The van der Waals surface area contributed by atoms with E-state index in [1.807, 2.05) is 41.8 Å². The van der Waals surface area contributed by atoms with E-state index in [1.165, 1.54) is 16.0 Å². The molecule has 0 atom stereocenters. The topological polar surface area (TPSA) is 44.1 Å². The van der Waals surface area contributed by atoms with Crippen LogP contribution in [-0.2, 0) is 6.61 Å². The van der Waals surface area contributed by atoms with Crippen LogP contribution in [0.2, 0.25) is 10.0 Å². The number of ether oxygens (including phenoxy) is 1. The molecule has 0 bridgehead atoms. The molecule has 0 radical (unpaired) electrons. The molecule has 2 aromatic carbocycles. The second-order valence-electron chi connectivity index (χ2n) is 5.98. The van der Waals surface area contributed by atoms with Gasteiger partial charge in [-0.05, 0) is 41.8 Å². The van der Waals surface area contributed by atoms with E-state index in [1.54, 1.807) is 30.5 Å². The molecule has 0 aliphatic heterocycles. The maximum absolute atomic E-state index is 12.4. The quantitative estimate of drug-likeness (QED) is 0.380. The minimum Gasteiger partial charge on any atom is -0.489 e. The summed E-state index contributed by atoms with van der Waals surface area (Å²) in [6, 6.07) is 18.3. The monoisotopic (exact) mass is 428 g/mol. The van der Waals surface area contributed by atoms with Crippen LogP contribution in [0.15, 0.2) is 72.2 Å². The van der Waals surface area contributed by atoms with Crippen LogP contribution in [0, 0.1) is 0 Å². The van der Waals surface area contributed by atoms with Gasteiger partial charge < -0.3 is 4.74 Å². The summed E-state index contributed by atoms with van der Waals surface area (Å²) in [6.45, 7) is 0.324. The Hall–Kier alpha value is -2.60. The predicted octanol–water partition coefficient (Wildman–Crippen LogP) is 6.19. The van der Waals surface area contributed by atoms with Crippen LogP contribution in [0.25, 0.3) is 11.3 Å². The summed E-state index contributed by atoms with van der Waals surface area (Å²) in [5.74, 6) is 0.536. The first kappa shape index (κ1) is 18.7. The van der Waals surface area contributed by atoms with Crippen LogP contribution in [0.3, 0.4) is 0 Å². The molecular weight excluding hydrogens is 415 g/mol. The smallest absolute Gasteiger partial charge is 0.288 e. The lowest BCUT2D eigenvalue weighted by atomic mass is 10.1. The number of carbonyl (C=O) groups is 1. The second kappa shape index (κ2) is 8.19. The molecule has 0 spiro atoms. The highest BCUT2D eigenvalue weighted by atomic mass is 35.5. The van der Waals surface area contributed by atoms with Crippen molar-refractivity contribution in [3.05, 3.63) is 92.7 Å². The number of thiophene rings is 1. The molecule has 0 N–H and O–H groups in total. The van der Waals surface area contributed by atoms with Crippen LogP contribution < -0.4 is 4.74 Å². The summed E-state index contributed by atoms with van der Waals surface area (Å²) >= 11 is 13.5. The van der Waals surface area contributed by atoms with Crippen LogP contribution in [-0.4, -0.2) is 15.7 Å². The van der Waals surface area contributed by atoms with Gasteiger partial charge in [0.1, 0.15) is 12.4 Å². The first-order chi connectivity index (χ1) is 13.6. The normalized spacial score (nSPS) is 10.8. The Morgan fingerprint density at radius 3 is 2.75 bits per heavy atom. The standard InChI is InChI=1S/C21H14Cl2N2O2S/c22-16-7-6-15(18(23)12-16)13-27-17-4-1-3-14(11-17)19-8-9-25(24-19)21(26)20-5-2-10-28-20/h1-12H,13H2. The van der Waals surface area contributed by atoms with Crippen molar-refractivity contribution in [1.29, 1.82) is 0 Å². The van der Waals surface area contributed by atoms with Gasteiger partial charge in [0.15, 0.2) is 0 Å². The maximum Gasteiger partial charge on any atom is 0.288 e. The number of rotatable bonds is 5. The fraction of sp³-hybridized carbons (Fsp3) is 0.0476. The van der Waals surface area contributed by atoms with E-state index >= 15 is 0 Å². The van der Waals surface area contributed by atoms with Gasteiger partial charge in [-0.2, -0.15) is 5.10 Å². The van der Waals surface area contributed by atoms with Gasteiger partial charge in [0, 0.05) is 27.4 Å². The second-order valence-corrected chi connectivity index (χ2v) is 7.77. The summed E-state index contributed by atoms with van der Waals surface area (Å²) in [5.41, 5.74) is 2.40. The average Bonchev–Trinajstić information content (AvgIpc) is 3.39. The molecule has 2 heterocycles. The SMILES string of the molecule is O=C(c1cccs1)n1ccc(-c2cccc(OCc3ccc(Cl)cc3Cl)c2)n1. The molecule has 140 valence electrons. The van der Waals surface area contributed by atoms with E-state index in [4.69, 9.17) is 27.9 Å². The molecule has 0 unspecified atom stereocenters. The molecule has 28 heavy (non-hydrogen) atoms. The zero-order chi connectivity index (χ0) is 19.5. The fourth-order valence-electron chi connectivity index (χ4n) is 2.65. The van der Waals surface area contributed by atoms with Crippen molar-refractivity contribution < 1.29 is 9.53 Å². The predicted molar refractivity (Wildman–Crippen MR) is 113 cm³/mol. The van der Waals surface area contributed by atoms with Crippen molar-refractivity contribution in [2.45, 2.75) is 6.61 Å². The number of hydrogen-bond acceptors (Lipinski definition) is 4.